The van der Waals surface area contributed by atoms with Crippen LogP contribution in [0.2, 0.25) is 5.28 Å². The molecule has 1 aromatic heterocycles. The summed E-state index contributed by atoms with van der Waals surface area (Å²) >= 11 is 5.97. The maximum atomic E-state index is 10.8. The van der Waals surface area contributed by atoms with E-state index in [1.807, 2.05) is 0 Å². The number of nitro benzene ring substituents is 1. The summed E-state index contributed by atoms with van der Waals surface area (Å²) in [6, 6.07) is 6.44. The van der Waals surface area contributed by atoms with E-state index in [-0.39, 0.29) is 16.9 Å². The van der Waals surface area contributed by atoms with Crippen molar-refractivity contribution in [2.45, 2.75) is 38.1 Å². The summed E-state index contributed by atoms with van der Waals surface area (Å²) in [6.45, 7) is 0. The first-order chi connectivity index (χ1) is 11.6. The number of nitro groups is 1. The molecular formula is C15H17ClN6O2. The van der Waals surface area contributed by atoms with Crippen molar-refractivity contribution in [1.82, 2.24) is 15.0 Å². The first-order valence-electron chi connectivity index (χ1n) is 7.80. The normalized spacial score (nSPS) is 15.0. The van der Waals surface area contributed by atoms with Crippen LogP contribution in [0.5, 0.6) is 0 Å². The zero-order valence-electron chi connectivity index (χ0n) is 12.9. The molecule has 3 rings (SSSR count). The highest BCUT2D eigenvalue weighted by molar-refractivity contribution is 6.28. The van der Waals surface area contributed by atoms with Crippen molar-refractivity contribution in [3.8, 4) is 0 Å². The number of halogens is 1. The molecule has 0 amide bonds. The number of anilines is 3. The van der Waals surface area contributed by atoms with E-state index in [9.17, 15) is 10.1 Å². The number of nitrogens with zero attached hydrogens (tertiary/aromatic N) is 4. The predicted molar refractivity (Wildman–Crippen MR) is 91.7 cm³/mol. The van der Waals surface area contributed by atoms with Gasteiger partial charge in [-0.1, -0.05) is 25.3 Å². The molecule has 1 aliphatic rings. The van der Waals surface area contributed by atoms with Gasteiger partial charge in [0, 0.05) is 23.9 Å². The lowest BCUT2D eigenvalue weighted by molar-refractivity contribution is -0.384. The minimum atomic E-state index is -0.457. The van der Waals surface area contributed by atoms with Crippen LogP contribution in [0.15, 0.2) is 24.3 Å². The number of aromatic nitrogens is 3. The van der Waals surface area contributed by atoms with Crippen LogP contribution in [-0.2, 0) is 0 Å². The Morgan fingerprint density at radius 3 is 2.62 bits per heavy atom. The second-order valence-corrected chi connectivity index (χ2v) is 6.00. The number of non-ortho nitro benzene ring substituents is 1. The number of nitrogens with one attached hydrogen (secondary N) is 2. The quantitative estimate of drug-likeness (QED) is 0.623. The smallest absolute Gasteiger partial charge is 0.271 e. The van der Waals surface area contributed by atoms with E-state index in [0.29, 0.717) is 17.7 Å². The Balaban J connectivity index is 1.75. The first kappa shape index (κ1) is 16.4. The molecule has 1 aliphatic carbocycles. The molecule has 0 atom stereocenters. The van der Waals surface area contributed by atoms with Crippen LogP contribution >= 0.6 is 11.6 Å². The Kier molecular flexibility index (Phi) is 5.05. The van der Waals surface area contributed by atoms with Gasteiger partial charge in [0.05, 0.1) is 4.92 Å². The molecule has 2 N–H and O–H groups in total. The van der Waals surface area contributed by atoms with E-state index >= 15 is 0 Å². The van der Waals surface area contributed by atoms with E-state index in [4.69, 9.17) is 11.6 Å². The number of hydrogen-bond donors (Lipinski definition) is 2. The van der Waals surface area contributed by atoms with Crippen LogP contribution in [0.25, 0.3) is 0 Å². The molecule has 1 saturated carbocycles. The average Bonchev–Trinajstić information content (AvgIpc) is 2.55. The molecule has 0 aliphatic heterocycles. The van der Waals surface area contributed by atoms with Gasteiger partial charge in [-0.3, -0.25) is 10.1 Å². The van der Waals surface area contributed by atoms with Crippen molar-refractivity contribution < 1.29 is 4.92 Å². The third-order valence-corrected chi connectivity index (χ3v) is 4.03. The Morgan fingerprint density at radius 1 is 1.12 bits per heavy atom. The highest BCUT2D eigenvalue weighted by atomic mass is 35.5. The minimum absolute atomic E-state index is 0.0132. The Labute approximate surface area is 143 Å². The Hall–Kier alpha value is -2.48. The zero-order valence-corrected chi connectivity index (χ0v) is 13.7. The summed E-state index contributed by atoms with van der Waals surface area (Å²) < 4.78 is 0. The monoisotopic (exact) mass is 348 g/mol. The fraction of sp³-hybridized carbons (Fsp3) is 0.400. The lowest BCUT2D eigenvalue weighted by Gasteiger charge is -2.22. The summed E-state index contributed by atoms with van der Waals surface area (Å²) in [6.07, 6.45) is 5.80. The number of rotatable bonds is 5. The largest absolute Gasteiger partial charge is 0.351 e. The molecule has 0 unspecified atom stereocenters. The van der Waals surface area contributed by atoms with Crippen LogP contribution in [0.3, 0.4) is 0 Å². The molecule has 1 heterocycles. The van der Waals surface area contributed by atoms with Gasteiger partial charge in [0.25, 0.3) is 5.69 Å². The molecule has 0 radical (unpaired) electrons. The van der Waals surface area contributed by atoms with Gasteiger partial charge in [0.2, 0.25) is 17.2 Å². The summed E-state index contributed by atoms with van der Waals surface area (Å²) in [5.41, 5.74) is 0.496. The molecular weight excluding hydrogens is 332 g/mol. The summed E-state index contributed by atoms with van der Waals surface area (Å²) in [4.78, 5) is 22.8. The summed E-state index contributed by atoms with van der Waals surface area (Å²) in [5, 5.41) is 17.1. The van der Waals surface area contributed by atoms with Crippen LogP contribution in [0, 0.1) is 10.1 Å². The fourth-order valence-electron chi connectivity index (χ4n) is 2.73. The average molecular weight is 349 g/mol. The predicted octanol–water partition coefficient (Wildman–Crippen LogP) is 3.92. The van der Waals surface area contributed by atoms with Gasteiger partial charge in [-0.25, -0.2) is 0 Å². The topological polar surface area (TPSA) is 106 Å². The summed E-state index contributed by atoms with van der Waals surface area (Å²) in [7, 11) is 0. The van der Waals surface area contributed by atoms with Gasteiger partial charge >= 0.3 is 0 Å². The SMILES string of the molecule is O=[N+]([O-])c1cccc(Nc2nc(Cl)nc(NC3CCCCC3)n2)c1. The highest BCUT2D eigenvalue weighted by Gasteiger charge is 2.15. The van der Waals surface area contributed by atoms with E-state index in [1.165, 1.54) is 31.4 Å². The third kappa shape index (κ3) is 4.29. The van der Waals surface area contributed by atoms with Gasteiger partial charge in [0.1, 0.15) is 0 Å². The van der Waals surface area contributed by atoms with E-state index < -0.39 is 4.92 Å². The molecule has 126 valence electrons. The molecule has 0 saturated heterocycles. The van der Waals surface area contributed by atoms with Crippen molar-refractivity contribution >= 4 is 34.9 Å². The van der Waals surface area contributed by atoms with Gasteiger partial charge in [-0.2, -0.15) is 15.0 Å². The second kappa shape index (κ2) is 7.39. The number of benzene rings is 1. The Morgan fingerprint density at radius 2 is 1.88 bits per heavy atom. The minimum Gasteiger partial charge on any atom is -0.351 e. The van der Waals surface area contributed by atoms with Crippen LogP contribution in [-0.4, -0.2) is 25.9 Å². The van der Waals surface area contributed by atoms with E-state index in [2.05, 4.69) is 25.6 Å². The Bertz CT molecular complexity index is 736. The molecule has 0 spiro atoms. The fourth-order valence-corrected chi connectivity index (χ4v) is 2.89. The lowest BCUT2D eigenvalue weighted by Crippen LogP contribution is -2.23. The maximum absolute atomic E-state index is 10.8. The molecule has 1 aromatic carbocycles. The standard InChI is InChI=1S/C15H17ClN6O2/c16-13-19-14(17-10-5-2-1-3-6-10)21-15(20-13)18-11-7-4-8-12(9-11)22(23)24/h4,7-10H,1-3,5-6H2,(H2,17,18,19,20,21). The third-order valence-electron chi connectivity index (χ3n) is 3.86. The molecule has 24 heavy (non-hydrogen) atoms. The van der Waals surface area contributed by atoms with Crippen molar-refractivity contribution in [2.75, 3.05) is 10.6 Å². The van der Waals surface area contributed by atoms with Crippen molar-refractivity contribution in [3.63, 3.8) is 0 Å². The van der Waals surface area contributed by atoms with Crippen molar-refractivity contribution in [2.24, 2.45) is 0 Å². The second-order valence-electron chi connectivity index (χ2n) is 5.66. The van der Waals surface area contributed by atoms with Crippen LogP contribution in [0.1, 0.15) is 32.1 Å². The molecule has 8 nitrogen and oxygen atoms in total. The molecule has 0 bridgehead atoms. The molecule has 9 heteroatoms. The van der Waals surface area contributed by atoms with Gasteiger partial charge in [-0.15, -0.1) is 0 Å². The van der Waals surface area contributed by atoms with Gasteiger partial charge in [-0.05, 0) is 30.5 Å². The molecule has 2 aromatic rings. The van der Waals surface area contributed by atoms with Crippen molar-refractivity contribution in [1.29, 1.82) is 0 Å². The first-order valence-corrected chi connectivity index (χ1v) is 8.17. The van der Waals surface area contributed by atoms with Crippen LogP contribution < -0.4 is 10.6 Å². The lowest BCUT2D eigenvalue weighted by atomic mass is 9.96. The number of hydrogen-bond acceptors (Lipinski definition) is 7. The summed E-state index contributed by atoms with van der Waals surface area (Å²) in [5.74, 6) is 0.656. The van der Waals surface area contributed by atoms with E-state index in [0.717, 1.165) is 12.8 Å². The highest BCUT2D eigenvalue weighted by Crippen LogP contribution is 2.23. The zero-order chi connectivity index (χ0) is 16.9. The van der Waals surface area contributed by atoms with Crippen molar-refractivity contribution in [3.05, 3.63) is 39.7 Å². The van der Waals surface area contributed by atoms with Crippen LogP contribution in [0.4, 0.5) is 23.3 Å². The van der Waals surface area contributed by atoms with E-state index in [1.54, 1.807) is 12.1 Å². The van der Waals surface area contributed by atoms with Gasteiger partial charge < -0.3 is 10.6 Å². The van der Waals surface area contributed by atoms with Gasteiger partial charge in [0.15, 0.2) is 0 Å². The maximum Gasteiger partial charge on any atom is 0.271 e. The molecule has 1 fully saturated rings.